The van der Waals surface area contributed by atoms with Gasteiger partial charge in [-0.3, -0.25) is 0 Å². The highest BCUT2D eigenvalue weighted by Crippen LogP contribution is 2.39. The van der Waals surface area contributed by atoms with Gasteiger partial charge in [0.15, 0.2) is 11.5 Å². The molecule has 1 aliphatic rings. The quantitative estimate of drug-likeness (QED) is 0.811. The van der Waals surface area contributed by atoms with Crippen molar-refractivity contribution in [1.29, 1.82) is 0 Å². The average Bonchev–Trinajstić information content (AvgIpc) is 2.84. The molecule has 0 spiro atoms. The summed E-state index contributed by atoms with van der Waals surface area (Å²) in [6, 6.07) is 7.87. The zero-order valence-corrected chi connectivity index (χ0v) is 11.1. The fourth-order valence-electron chi connectivity index (χ4n) is 1.94. The van der Waals surface area contributed by atoms with Gasteiger partial charge in [0.2, 0.25) is 6.79 Å². The van der Waals surface area contributed by atoms with Crippen molar-refractivity contribution in [1.82, 2.24) is 0 Å². The number of ether oxygens (including phenoxy) is 2. The second-order valence-corrected chi connectivity index (χ2v) is 4.76. The van der Waals surface area contributed by atoms with E-state index in [2.05, 4.69) is 5.32 Å². The maximum absolute atomic E-state index is 9.72. The highest BCUT2D eigenvalue weighted by molar-refractivity contribution is 6.33. The molecule has 0 bridgehead atoms. The van der Waals surface area contributed by atoms with Crippen LogP contribution in [0.25, 0.3) is 0 Å². The number of phenols is 2. The highest BCUT2D eigenvalue weighted by atomic mass is 35.5. The Labute approximate surface area is 120 Å². The molecular weight excluding hydrogens is 282 g/mol. The van der Waals surface area contributed by atoms with Gasteiger partial charge in [0.1, 0.15) is 11.5 Å². The number of hydrogen-bond acceptors (Lipinski definition) is 5. The van der Waals surface area contributed by atoms with Crippen molar-refractivity contribution in [2.75, 3.05) is 12.1 Å². The molecule has 1 aliphatic heterocycles. The summed E-state index contributed by atoms with van der Waals surface area (Å²) in [7, 11) is 0. The Morgan fingerprint density at radius 3 is 2.60 bits per heavy atom. The third-order valence-corrected chi connectivity index (χ3v) is 3.31. The number of nitrogens with one attached hydrogen (secondary N) is 1. The number of hydrogen-bond donors (Lipinski definition) is 3. The van der Waals surface area contributed by atoms with Crippen molar-refractivity contribution >= 4 is 17.3 Å². The number of phenolic OH excluding ortho intramolecular Hbond substituents is 2. The van der Waals surface area contributed by atoms with Crippen molar-refractivity contribution in [3.8, 4) is 23.0 Å². The van der Waals surface area contributed by atoms with Crippen LogP contribution in [0.4, 0.5) is 5.69 Å². The van der Waals surface area contributed by atoms with Crippen LogP contribution in [0.1, 0.15) is 5.56 Å². The molecule has 0 aliphatic carbocycles. The molecular formula is C14H12ClNO4. The lowest BCUT2D eigenvalue weighted by Gasteiger charge is -2.11. The van der Waals surface area contributed by atoms with E-state index in [0.29, 0.717) is 34.3 Å². The standard InChI is InChI=1S/C14H12ClNO4/c15-10-4-13-14(20-7-19-13)5-11(10)16-6-8-1-2-9(17)3-12(8)18/h1-5,16-18H,6-7H2. The molecule has 0 radical (unpaired) electrons. The Kier molecular flexibility index (Phi) is 3.20. The summed E-state index contributed by atoms with van der Waals surface area (Å²) in [5.41, 5.74) is 1.33. The van der Waals surface area contributed by atoms with Gasteiger partial charge in [-0.05, 0) is 12.1 Å². The summed E-state index contributed by atoms with van der Waals surface area (Å²) in [6.07, 6.45) is 0. The molecule has 1 heterocycles. The van der Waals surface area contributed by atoms with Crippen molar-refractivity contribution < 1.29 is 19.7 Å². The van der Waals surface area contributed by atoms with E-state index in [1.165, 1.54) is 12.1 Å². The number of aromatic hydroxyl groups is 2. The minimum Gasteiger partial charge on any atom is -0.508 e. The minimum atomic E-state index is 0.0207. The van der Waals surface area contributed by atoms with E-state index >= 15 is 0 Å². The van der Waals surface area contributed by atoms with Crippen LogP contribution in [0, 0.1) is 0 Å². The van der Waals surface area contributed by atoms with Crippen LogP contribution in [0.2, 0.25) is 5.02 Å². The molecule has 104 valence electrons. The van der Waals surface area contributed by atoms with Crippen LogP contribution in [-0.2, 0) is 6.54 Å². The zero-order chi connectivity index (χ0) is 14.1. The molecule has 0 saturated carbocycles. The Bertz CT molecular complexity index is 660. The Morgan fingerprint density at radius 1 is 1.10 bits per heavy atom. The summed E-state index contributed by atoms with van der Waals surface area (Å²) in [5, 5.41) is 22.6. The zero-order valence-electron chi connectivity index (χ0n) is 10.4. The van der Waals surface area contributed by atoms with E-state index < -0.39 is 0 Å². The summed E-state index contributed by atoms with van der Waals surface area (Å²) < 4.78 is 10.5. The summed E-state index contributed by atoms with van der Waals surface area (Å²) in [5.74, 6) is 1.29. The van der Waals surface area contributed by atoms with E-state index in [1.807, 2.05) is 0 Å². The van der Waals surface area contributed by atoms with E-state index in [0.717, 1.165) is 0 Å². The smallest absolute Gasteiger partial charge is 0.231 e. The molecule has 0 unspecified atom stereocenters. The molecule has 3 rings (SSSR count). The molecule has 3 N–H and O–H groups in total. The van der Waals surface area contributed by atoms with Crippen molar-refractivity contribution in [2.24, 2.45) is 0 Å². The van der Waals surface area contributed by atoms with Gasteiger partial charge in [0.05, 0.1) is 10.7 Å². The maximum Gasteiger partial charge on any atom is 0.231 e. The molecule has 0 aromatic heterocycles. The monoisotopic (exact) mass is 293 g/mol. The van der Waals surface area contributed by atoms with Gasteiger partial charge in [-0.15, -0.1) is 0 Å². The Balaban J connectivity index is 1.78. The predicted molar refractivity (Wildman–Crippen MR) is 74.7 cm³/mol. The molecule has 6 heteroatoms. The first-order valence-electron chi connectivity index (χ1n) is 5.97. The molecule has 5 nitrogen and oxygen atoms in total. The lowest BCUT2D eigenvalue weighted by molar-refractivity contribution is 0.174. The number of halogens is 1. The van der Waals surface area contributed by atoms with Gasteiger partial charge in [0, 0.05) is 30.3 Å². The molecule has 2 aromatic carbocycles. The number of anilines is 1. The van der Waals surface area contributed by atoms with Gasteiger partial charge in [-0.25, -0.2) is 0 Å². The first kappa shape index (κ1) is 12.7. The molecule has 20 heavy (non-hydrogen) atoms. The molecule has 0 fully saturated rings. The molecule has 0 amide bonds. The fourth-order valence-corrected chi connectivity index (χ4v) is 2.17. The summed E-state index contributed by atoms with van der Waals surface area (Å²) in [6.45, 7) is 0.555. The van der Waals surface area contributed by atoms with Crippen LogP contribution >= 0.6 is 11.6 Å². The number of fused-ring (bicyclic) bond motifs is 1. The van der Waals surface area contributed by atoms with E-state index in [4.69, 9.17) is 21.1 Å². The molecule has 0 saturated heterocycles. The minimum absolute atomic E-state index is 0.0207. The second kappa shape index (κ2) is 5.02. The van der Waals surface area contributed by atoms with Crippen LogP contribution in [0.15, 0.2) is 30.3 Å². The van der Waals surface area contributed by atoms with Crippen LogP contribution < -0.4 is 14.8 Å². The summed E-state index contributed by atoms with van der Waals surface area (Å²) in [4.78, 5) is 0. The van der Waals surface area contributed by atoms with Crippen molar-refractivity contribution in [3.05, 3.63) is 40.9 Å². The van der Waals surface area contributed by atoms with E-state index in [1.54, 1.807) is 18.2 Å². The number of rotatable bonds is 3. The van der Waals surface area contributed by atoms with Crippen LogP contribution in [0.3, 0.4) is 0 Å². The van der Waals surface area contributed by atoms with Gasteiger partial charge < -0.3 is 25.0 Å². The fraction of sp³-hybridized carbons (Fsp3) is 0.143. The van der Waals surface area contributed by atoms with E-state index in [-0.39, 0.29) is 18.3 Å². The normalized spacial score (nSPS) is 12.4. The lowest BCUT2D eigenvalue weighted by Crippen LogP contribution is -2.00. The van der Waals surface area contributed by atoms with Gasteiger partial charge in [-0.2, -0.15) is 0 Å². The second-order valence-electron chi connectivity index (χ2n) is 4.35. The Hall–Kier alpha value is -2.27. The van der Waals surface area contributed by atoms with Gasteiger partial charge in [-0.1, -0.05) is 11.6 Å². The third kappa shape index (κ3) is 2.40. The highest BCUT2D eigenvalue weighted by Gasteiger charge is 2.16. The maximum atomic E-state index is 9.72. The largest absolute Gasteiger partial charge is 0.508 e. The lowest BCUT2D eigenvalue weighted by atomic mass is 10.2. The topological polar surface area (TPSA) is 71.0 Å². The van der Waals surface area contributed by atoms with Crippen molar-refractivity contribution in [3.63, 3.8) is 0 Å². The average molecular weight is 294 g/mol. The molecule has 2 aromatic rings. The first-order valence-corrected chi connectivity index (χ1v) is 6.35. The molecule has 0 atom stereocenters. The van der Waals surface area contributed by atoms with Gasteiger partial charge in [0.25, 0.3) is 0 Å². The van der Waals surface area contributed by atoms with Gasteiger partial charge >= 0.3 is 0 Å². The Morgan fingerprint density at radius 2 is 1.85 bits per heavy atom. The van der Waals surface area contributed by atoms with Crippen molar-refractivity contribution in [2.45, 2.75) is 6.54 Å². The van der Waals surface area contributed by atoms with E-state index in [9.17, 15) is 10.2 Å². The third-order valence-electron chi connectivity index (χ3n) is 3.00. The predicted octanol–water partition coefficient (Wildman–Crippen LogP) is 3.09. The first-order chi connectivity index (χ1) is 9.63. The summed E-state index contributed by atoms with van der Waals surface area (Å²) >= 11 is 6.14. The SMILES string of the molecule is Oc1ccc(CNc2cc3c(cc2Cl)OCO3)c(O)c1. The number of benzene rings is 2. The van der Waals surface area contributed by atoms with Crippen LogP contribution in [-0.4, -0.2) is 17.0 Å². The van der Waals surface area contributed by atoms with Crippen LogP contribution in [0.5, 0.6) is 23.0 Å².